The molecule has 2 aliphatic heterocycles. The zero-order valence-electron chi connectivity index (χ0n) is 25.7. The molecule has 0 radical (unpaired) electrons. The Bertz CT molecular complexity index is 1510. The number of pyridine rings is 1. The Kier molecular flexibility index (Phi) is 12.6. The van der Waals surface area contributed by atoms with Gasteiger partial charge in [-0.3, -0.25) is 19.5 Å². The maximum atomic E-state index is 15.0. The summed E-state index contributed by atoms with van der Waals surface area (Å²) < 4.78 is 78.7. The first-order valence-corrected chi connectivity index (χ1v) is 15.8. The van der Waals surface area contributed by atoms with Crippen LogP contribution in [0.4, 0.5) is 17.6 Å². The Labute approximate surface area is 273 Å². The molecule has 0 N–H and O–H groups in total. The number of halogens is 4. The van der Waals surface area contributed by atoms with Gasteiger partial charge in [-0.05, 0) is 67.8 Å². The highest BCUT2D eigenvalue weighted by molar-refractivity contribution is 7.51. The number of aromatic nitrogens is 1. The van der Waals surface area contributed by atoms with Gasteiger partial charge in [-0.1, -0.05) is 29.8 Å². The number of rotatable bonds is 9. The fourth-order valence-electron chi connectivity index (χ4n) is 5.64. The number of Topliss-reactive ketones (excluding diaryl/α,β-unsaturated/α-hetero) is 1. The molecule has 9 nitrogen and oxygen atoms in total. The van der Waals surface area contributed by atoms with Crippen LogP contribution < -0.4 is 9.47 Å². The molecule has 0 saturated carbocycles. The topological polar surface area (TPSA) is 106 Å². The summed E-state index contributed by atoms with van der Waals surface area (Å²) in [5.41, 5.74) is 2.49. The van der Waals surface area contributed by atoms with Crippen molar-refractivity contribution < 1.29 is 45.0 Å². The van der Waals surface area contributed by atoms with Crippen LogP contribution in [0.15, 0.2) is 66.9 Å². The lowest BCUT2D eigenvalue weighted by atomic mass is 9.89. The molecule has 0 spiro atoms. The Morgan fingerprint density at radius 1 is 0.915 bits per heavy atom. The van der Waals surface area contributed by atoms with E-state index in [1.165, 1.54) is 36.5 Å². The van der Waals surface area contributed by atoms with E-state index >= 15 is 4.39 Å². The van der Waals surface area contributed by atoms with Crippen LogP contribution in [0, 0.1) is 12.8 Å². The lowest BCUT2D eigenvalue weighted by Gasteiger charge is -2.34. The summed E-state index contributed by atoms with van der Waals surface area (Å²) in [7, 11) is 0. The van der Waals surface area contributed by atoms with Gasteiger partial charge in [0.05, 0.1) is 5.56 Å². The average Bonchev–Trinajstić information content (AvgIpc) is 3.04. The summed E-state index contributed by atoms with van der Waals surface area (Å²) in [5, 5.41) is 0. The summed E-state index contributed by atoms with van der Waals surface area (Å²) in [6, 6.07) is 16.5. The van der Waals surface area contributed by atoms with Crippen LogP contribution in [-0.2, 0) is 18.1 Å². The SMILES string of the molecule is Cc1ccc(OC2CCN(C(=O)c3ccc(C(=O)CC4CCN(Cc5ccc(OC(F)(F)F)cc5)C[C@H]4F)nc3)CC2)cc1.O=S=O. The monoisotopic (exact) mass is 677 g/mol. The molecule has 0 bridgehead atoms. The van der Waals surface area contributed by atoms with Crippen LogP contribution in [0.5, 0.6) is 11.5 Å². The van der Waals surface area contributed by atoms with Gasteiger partial charge in [-0.25, -0.2) is 4.39 Å². The summed E-state index contributed by atoms with van der Waals surface area (Å²) in [6.07, 6.45) is -2.64. The molecule has 2 saturated heterocycles. The molecule has 2 aliphatic rings. The highest BCUT2D eigenvalue weighted by Crippen LogP contribution is 2.28. The van der Waals surface area contributed by atoms with Gasteiger partial charge in [-0.2, -0.15) is 8.42 Å². The number of hydrogen-bond acceptors (Lipinski definition) is 8. The van der Waals surface area contributed by atoms with Gasteiger partial charge in [0.2, 0.25) is 0 Å². The lowest BCUT2D eigenvalue weighted by molar-refractivity contribution is -0.274. The van der Waals surface area contributed by atoms with Crippen molar-refractivity contribution in [2.75, 3.05) is 26.2 Å². The fraction of sp³-hybridized carbons (Fsp3) is 0.424. The number of aryl methyl sites for hydroxylation is 1. The Hall–Kier alpha value is -4.17. The van der Waals surface area contributed by atoms with E-state index in [1.807, 2.05) is 36.1 Å². The second-order valence-electron chi connectivity index (χ2n) is 11.5. The number of alkyl halides is 4. The summed E-state index contributed by atoms with van der Waals surface area (Å²) in [6.45, 7) is 4.18. The first-order chi connectivity index (χ1) is 22.4. The van der Waals surface area contributed by atoms with E-state index in [-0.39, 0.29) is 42.2 Å². The molecular formula is C33H35F4N3O6S. The van der Waals surface area contributed by atoms with Gasteiger partial charge in [-0.15, -0.1) is 13.2 Å². The number of nitrogens with zero attached hydrogens (tertiary/aromatic N) is 3. The minimum absolute atomic E-state index is 0.00722. The molecule has 3 aromatic rings. The number of carbonyl (C=O) groups is 2. The summed E-state index contributed by atoms with van der Waals surface area (Å²) in [5.74, 6) is -0.380. The standard InChI is InChI=1S/C33H35F4N3O4.O2S/c1-22-2-7-26(8-3-22)43-27-13-16-40(17-14-27)32(42)25-6-11-30(38-19-25)31(41)18-24-12-15-39(21-29(24)34)20-23-4-9-28(10-5-23)44-33(35,36)37;1-3-2/h2-11,19,24,27,29H,12-18,20-21H2,1H3;/t24?,29-;/m1./s1. The van der Waals surface area contributed by atoms with Gasteiger partial charge in [0.1, 0.15) is 29.5 Å². The van der Waals surface area contributed by atoms with Gasteiger partial charge < -0.3 is 14.4 Å². The Morgan fingerprint density at radius 2 is 1.55 bits per heavy atom. The van der Waals surface area contributed by atoms with Crippen LogP contribution in [-0.4, -0.2) is 79.7 Å². The molecule has 1 aromatic heterocycles. The van der Waals surface area contributed by atoms with E-state index in [1.54, 1.807) is 11.0 Å². The Balaban J connectivity index is 0.00000160. The number of benzene rings is 2. The van der Waals surface area contributed by atoms with Crippen LogP contribution >= 0.6 is 0 Å². The molecule has 47 heavy (non-hydrogen) atoms. The number of hydrogen-bond donors (Lipinski definition) is 0. The van der Waals surface area contributed by atoms with E-state index in [9.17, 15) is 22.8 Å². The van der Waals surface area contributed by atoms with Gasteiger partial charge in [0, 0.05) is 51.6 Å². The number of piperidine rings is 2. The van der Waals surface area contributed by atoms with Crippen molar-refractivity contribution >= 4 is 23.3 Å². The number of carbonyl (C=O) groups excluding carboxylic acids is 2. The molecule has 2 atom stereocenters. The highest BCUT2D eigenvalue weighted by atomic mass is 32.1. The molecule has 1 amide bonds. The number of ether oxygens (including phenoxy) is 2. The quantitative estimate of drug-likeness (QED) is 0.209. The van der Waals surface area contributed by atoms with Crippen molar-refractivity contribution in [2.24, 2.45) is 5.92 Å². The normalized spacial score (nSPS) is 18.9. The predicted molar refractivity (Wildman–Crippen MR) is 164 cm³/mol. The largest absolute Gasteiger partial charge is 0.573 e. The maximum Gasteiger partial charge on any atom is 0.573 e. The summed E-state index contributed by atoms with van der Waals surface area (Å²) in [4.78, 5) is 33.8. The van der Waals surface area contributed by atoms with Crippen molar-refractivity contribution in [2.45, 2.75) is 57.8 Å². The second-order valence-corrected chi connectivity index (χ2v) is 11.7. The third-order valence-electron chi connectivity index (χ3n) is 8.12. The lowest BCUT2D eigenvalue weighted by Crippen LogP contribution is -2.42. The first-order valence-electron chi connectivity index (χ1n) is 15.1. The van der Waals surface area contributed by atoms with Gasteiger partial charge >= 0.3 is 17.9 Å². The minimum atomic E-state index is -4.76. The average molecular weight is 678 g/mol. The van der Waals surface area contributed by atoms with E-state index in [0.717, 1.165) is 29.7 Å². The molecular weight excluding hydrogens is 642 g/mol. The predicted octanol–water partition coefficient (Wildman–Crippen LogP) is 5.74. The van der Waals surface area contributed by atoms with Gasteiger partial charge in [0.15, 0.2) is 5.78 Å². The maximum absolute atomic E-state index is 15.0. The molecule has 3 heterocycles. The number of likely N-dealkylation sites (tertiary alicyclic amines) is 2. The third kappa shape index (κ3) is 11.0. The van der Waals surface area contributed by atoms with Crippen molar-refractivity contribution in [3.05, 3.63) is 89.2 Å². The van der Waals surface area contributed by atoms with Crippen molar-refractivity contribution in [1.82, 2.24) is 14.8 Å². The molecule has 252 valence electrons. The van der Waals surface area contributed by atoms with Crippen LogP contribution in [0.2, 0.25) is 0 Å². The minimum Gasteiger partial charge on any atom is -0.490 e. The van der Waals surface area contributed by atoms with Gasteiger partial charge in [0.25, 0.3) is 5.91 Å². The second kappa shape index (κ2) is 16.6. The molecule has 0 aliphatic carbocycles. The zero-order valence-corrected chi connectivity index (χ0v) is 26.5. The van der Waals surface area contributed by atoms with E-state index < -0.39 is 30.0 Å². The molecule has 1 unspecified atom stereocenters. The Morgan fingerprint density at radius 3 is 2.13 bits per heavy atom. The van der Waals surface area contributed by atoms with Crippen molar-refractivity contribution in [1.29, 1.82) is 0 Å². The van der Waals surface area contributed by atoms with E-state index in [0.29, 0.717) is 38.2 Å². The molecule has 5 rings (SSSR count). The van der Waals surface area contributed by atoms with Crippen LogP contribution in [0.1, 0.15) is 57.7 Å². The van der Waals surface area contributed by atoms with E-state index in [2.05, 4.69) is 9.72 Å². The number of ketones is 1. The van der Waals surface area contributed by atoms with E-state index in [4.69, 9.17) is 13.2 Å². The third-order valence-corrected chi connectivity index (χ3v) is 8.12. The molecule has 2 fully saturated rings. The van der Waals surface area contributed by atoms with Crippen LogP contribution in [0.3, 0.4) is 0 Å². The fourth-order valence-corrected chi connectivity index (χ4v) is 5.64. The first kappa shape index (κ1) is 35.7. The summed E-state index contributed by atoms with van der Waals surface area (Å²) >= 11 is -0.750. The zero-order chi connectivity index (χ0) is 34.0. The van der Waals surface area contributed by atoms with Crippen molar-refractivity contribution in [3.8, 4) is 11.5 Å². The molecule has 2 aromatic carbocycles. The smallest absolute Gasteiger partial charge is 0.490 e. The number of amides is 1. The molecule has 14 heteroatoms. The highest BCUT2D eigenvalue weighted by Gasteiger charge is 2.33. The van der Waals surface area contributed by atoms with Crippen molar-refractivity contribution in [3.63, 3.8) is 0 Å². The van der Waals surface area contributed by atoms with Crippen LogP contribution in [0.25, 0.3) is 0 Å².